The van der Waals surface area contributed by atoms with E-state index in [4.69, 9.17) is 4.74 Å². The van der Waals surface area contributed by atoms with Gasteiger partial charge in [-0.05, 0) is 26.3 Å². The molecule has 0 radical (unpaired) electrons. The van der Waals surface area contributed by atoms with Gasteiger partial charge in [0.2, 0.25) is 0 Å². The number of hydrogen-bond acceptors (Lipinski definition) is 2. The number of hydrogen-bond donors (Lipinski definition) is 1. The highest BCUT2D eigenvalue weighted by Crippen LogP contribution is 2.38. The number of fused-ring (bicyclic) bond motifs is 2. The lowest BCUT2D eigenvalue weighted by atomic mass is 9.89. The van der Waals surface area contributed by atoms with Gasteiger partial charge in [0.15, 0.2) is 0 Å². The van der Waals surface area contributed by atoms with Crippen LogP contribution in [-0.2, 0) is 4.74 Å². The number of ether oxygens (including phenoxy) is 1. The van der Waals surface area contributed by atoms with E-state index in [1.807, 2.05) is 7.05 Å². The zero-order valence-electron chi connectivity index (χ0n) is 6.47. The van der Waals surface area contributed by atoms with Gasteiger partial charge in [-0.3, -0.25) is 0 Å². The second-order valence-electron chi connectivity index (χ2n) is 3.43. The molecule has 2 heterocycles. The molecule has 10 heavy (non-hydrogen) atoms. The van der Waals surface area contributed by atoms with Gasteiger partial charge in [0.05, 0.1) is 12.2 Å². The average molecular weight is 141 g/mol. The van der Waals surface area contributed by atoms with E-state index in [0.717, 1.165) is 12.5 Å². The van der Waals surface area contributed by atoms with Crippen LogP contribution in [0.25, 0.3) is 0 Å². The van der Waals surface area contributed by atoms with Gasteiger partial charge in [-0.2, -0.15) is 0 Å². The van der Waals surface area contributed by atoms with E-state index in [0.29, 0.717) is 12.2 Å². The average Bonchev–Trinajstić information content (AvgIpc) is 2.48. The summed E-state index contributed by atoms with van der Waals surface area (Å²) in [6.45, 7) is 1.14. The summed E-state index contributed by atoms with van der Waals surface area (Å²) in [5, 5.41) is 3.21. The summed E-state index contributed by atoms with van der Waals surface area (Å²) >= 11 is 0. The fourth-order valence-corrected chi connectivity index (χ4v) is 2.22. The Morgan fingerprint density at radius 2 is 2.40 bits per heavy atom. The molecule has 0 aliphatic carbocycles. The summed E-state index contributed by atoms with van der Waals surface area (Å²) in [5.41, 5.74) is 0. The fraction of sp³-hybridized carbons (Fsp3) is 1.00. The van der Waals surface area contributed by atoms with E-state index >= 15 is 0 Å². The molecular weight excluding hydrogens is 126 g/mol. The van der Waals surface area contributed by atoms with Crippen molar-refractivity contribution in [1.82, 2.24) is 5.32 Å². The largest absolute Gasteiger partial charge is 0.375 e. The maximum atomic E-state index is 5.70. The molecule has 2 bridgehead atoms. The summed E-state index contributed by atoms with van der Waals surface area (Å²) in [6.07, 6.45) is 5.12. The molecule has 0 aromatic rings. The fourth-order valence-electron chi connectivity index (χ4n) is 2.22. The quantitative estimate of drug-likeness (QED) is 0.613. The van der Waals surface area contributed by atoms with Crippen molar-refractivity contribution in [3.8, 4) is 0 Å². The van der Waals surface area contributed by atoms with Crippen LogP contribution in [0, 0.1) is 5.92 Å². The Bertz CT molecular complexity index is 126. The summed E-state index contributed by atoms with van der Waals surface area (Å²) in [6, 6.07) is 0. The normalized spacial score (nSPS) is 44.7. The van der Waals surface area contributed by atoms with Crippen molar-refractivity contribution < 1.29 is 4.74 Å². The minimum atomic E-state index is 0.595. The minimum absolute atomic E-state index is 0.595. The highest BCUT2D eigenvalue weighted by Gasteiger charge is 2.39. The van der Waals surface area contributed by atoms with E-state index in [2.05, 4.69) is 5.32 Å². The molecule has 0 amide bonds. The van der Waals surface area contributed by atoms with Crippen molar-refractivity contribution in [1.29, 1.82) is 0 Å². The van der Waals surface area contributed by atoms with Crippen LogP contribution in [0.1, 0.15) is 19.3 Å². The van der Waals surface area contributed by atoms with Gasteiger partial charge in [-0.25, -0.2) is 0 Å². The summed E-state index contributed by atoms with van der Waals surface area (Å²) in [4.78, 5) is 0. The van der Waals surface area contributed by atoms with Crippen molar-refractivity contribution in [3.05, 3.63) is 0 Å². The SMILES string of the molecule is CNC[C@@H]1C[C@@H]2CC[C@H]1O2. The second kappa shape index (κ2) is 2.51. The van der Waals surface area contributed by atoms with Crippen molar-refractivity contribution in [2.45, 2.75) is 31.5 Å². The van der Waals surface area contributed by atoms with Crippen LogP contribution in [0.2, 0.25) is 0 Å². The number of nitrogens with one attached hydrogen (secondary N) is 1. The third-order valence-corrected chi connectivity index (χ3v) is 2.70. The smallest absolute Gasteiger partial charge is 0.0621 e. The summed E-state index contributed by atoms with van der Waals surface area (Å²) in [7, 11) is 2.02. The molecule has 0 aromatic carbocycles. The molecule has 2 aliphatic heterocycles. The molecular formula is C8H15NO. The van der Waals surface area contributed by atoms with E-state index in [1.165, 1.54) is 19.3 Å². The predicted octanol–water partition coefficient (Wildman–Crippen LogP) is 0.773. The van der Waals surface area contributed by atoms with Gasteiger partial charge >= 0.3 is 0 Å². The van der Waals surface area contributed by atoms with Crippen LogP contribution in [0.5, 0.6) is 0 Å². The molecule has 2 fully saturated rings. The van der Waals surface area contributed by atoms with Crippen LogP contribution >= 0.6 is 0 Å². The van der Waals surface area contributed by atoms with Gasteiger partial charge in [0.25, 0.3) is 0 Å². The number of rotatable bonds is 2. The topological polar surface area (TPSA) is 21.3 Å². The highest BCUT2D eigenvalue weighted by molar-refractivity contribution is 4.89. The van der Waals surface area contributed by atoms with Gasteiger partial charge in [0, 0.05) is 12.5 Å². The van der Waals surface area contributed by atoms with Crippen molar-refractivity contribution in [3.63, 3.8) is 0 Å². The van der Waals surface area contributed by atoms with E-state index in [9.17, 15) is 0 Å². The Labute approximate surface area is 61.9 Å². The third-order valence-electron chi connectivity index (χ3n) is 2.70. The molecule has 2 saturated heterocycles. The van der Waals surface area contributed by atoms with E-state index in [1.54, 1.807) is 0 Å². The standard InChI is InChI=1S/C8H15NO/c1-9-5-6-4-7-2-3-8(6)10-7/h6-9H,2-5H2,1H3/t6-,7-,8+/m0/s1. The Morgan fingerprint density at radius 1 is 1.50 bits per heavy atom. The van der Waals surface area contributed by atoms with Gasteiger partial charge < -0.3 is 10.1 Å². The monoisotopic (exact) mass is 141 g/mol. The molecule has 0 spiro atoms. The molecule has 0 saturated carbocycles. The van der Waals surface area contributed by atoms with E-state index < -0.39 is 0 Å². The van der Waals surface area contributed by atoms with Crippen LogP contribution in [-0.4, -0.2) is 25.8 Å². The van der Waals surface area contributed by atoms with Crippen molar-refractivity contribution in [2.24, 2.45) is 5.92 Å². The Balaban J connectivity index is 1.90. The summed E-state index contributed by atoms with van der Waals surface area (Å²) in [5.74, 6) is 0.809. The Hall–Kier alpha value is -0.0800. The van der Waals surface area contributed by atoms with Crippen molar-refractivity contribution >= 4 is 0 Å². The lowest BCUT2D eigenvalue weighted by Gasteiger charge is -2.17. The lowest BCUT2D eigenvalue weighted by molar-refractivity contribution is 0.0927. The molecule has 2 nitrogen and oxygen atoms in total. The zero-order valence-corrected chi connectivity index (χ0v) is 6.47. The lowest BCUT2D eigenvalue weighted by Crippen LogP contribution is -2.26. The first-order valence-corrected chi connectivity index (χ1v) is 4.20. The van der Waals surface area contributed by atoms with Crippen molar-refractivity contribution in [2.75, 3.05) is 13.6 Å². The molecule has 3 atom stereocenters. The molecule has 0 unspecified atom stereocenters. The first-order chi connectivity index (χ1) is 4.90. The first-order valence-electron chi connectivity index (χ1n) is 4.20. The van der Waals surface area contributed by atoms with Gasteiger partial charge in [0.1, 0.15) is 0 Å². The molecule has 2 rings (SSSR count). The maximum absolute atomic E-state index is 5.70. The van der Waals surface area contributed by atoms with Gasteiger partial charge in [-0.15, -0.1) is 0 Å². The van der Waals surface area contributed by atoms with Gasteiger partial charge in [-0.1, -0.05) is 0 Å². The molecule has 2 aliphatic rings. The predicted molar refractivity (Wildman–Crippen MR) is 39.9 cm³/mol. The summed E-state index contributed by atoms with van der Waals surface area (Å²) < 4.78 is 5.70. The second-order valence-corrected chi connectivity index (χ2v) is 3.43. The van der Waals surface area contributed by atoms with Crippen LogP contribution in [0.4, 0.5) is 0 Å². The molecule has 0 aromatic heterocycles. The maximum Gasteiger partial charge on any atom is 0.0621 e. The molecule has 58 valence electrons. The first kappa shape index (κ1) is 6.62. The molecule has 1 N–H and O–H groups in total. The van der Waals surface area contributed by atoms with Crippen LogP contribution in [0.15, 0.2) is 0 Å². The Kier molecular flexibility index (Phi) is 1.66. The minimum Gasteiger partial charge on any atom is -0.375 e. The highest BCUT2D eigenvalue weighted by atomic mass is 16.5. The van der Waals surface area contributed by atoms with Crippen LogP contribution in [0.3, 0.4) is 0 Å². The zero-order chi connectivity index (χ0) is 6.97. The van der Waals surface area contributed by atoms with Crippen LogP contribution < -0.4 is 5.32 Å². The molecule has 2 heteroatoms. The van der Waals surface area contributed by atoms with E-state index in [-0.39, 0.29) is 0 Å². The Morgan fingerprint density at radius 3 is 2.90 bits per heavy atom. The third kappa shape index (κ3) is 0.956.